The average molecular weight is 208 g/mol. The first-order valence-corrected chi connectivity index (χ1v) is 6.01. The third-order valence-corrected chi connectivity index (χ3v) is 3.44. The van der Waals surface area contributed by atoms with Crippen molar-refractivity contribution >= 4 is 15.7 Å². The SMILES string of the molecule is CCCCS(=N)(=O)C[C@H](N)C(=O)O. The van der Waals surface area contributed by atoms with E-state index in [1.165, 1.54) is 0 Å². The van der Waals surface area contributed by atoms with Crippen molar-refractivity contribution in [2.45, 2.75) is 25.8 Å². The number of hydrogen-bond donors (Lipinski definition) is 3. The Morgan fingerprint density at radius 1 is 1.69 bits per heavy atom. The van der Waals surface area contributed by atoms with Gasteiger partial charge in [-0.1, -0.05) is 13.3 Å². The Hall–Kier alpha value is -0.620. The van der Waals surface area contributed by atoms with Gasteiger partial charge in [-0.15, -0.1) is 0 Å². The van der Waals surface area contributed by atoms with E-state index in [2.05, 4.69) is 0 Å². The lowest BCUT2D eigenvalue weighted by molar-refractivity contribution is -0.137. The van der Waals surface area contributed by atoms with Gasteiger partial charge in [0.25, 0.3) is 0 Å². The van der Waals surface area contributed by atoms with E-state index in [4.69, 9.17) is 15.6 Å². The minimum atomic E-state index is -2.79. The van der Waals surface area contributed by atoms with E-state index >= 15 is 0 Å². The zero-order valence-electron chi connectivity index (χ0n) is 7.66. The van der Waals surface area contributed by atoms with Crippen LogP contribution >= 0.6 is 0 Å². The Balaban J connectivity index is 4.10. The van der Waals surface area contributed by atoms with Gasteiger partial charge in [0.05, 0.1) is 5.75 Å². The first-order chi connectivity index (χ1) is 5.89. The molecule has 0 saturated carbocycles. The summed E-state index contributed by atoms with van der Waals surface area (Å²) < 4.78 is 18.7. The number of unbranched alkanes of at least 4 members (excludes halogenated alkanes) is 1. The van der Waals surface area contributed by atoms with E-state index in [0.717, 1.165) is 6.42 Å². The van der Waals surface area contributed by atoms with E-state index in [0.29, 0.717) is 6.42 Å². The molecule has 2 atom stereocenters. The lowest BCUT2D eigenvalue weighted by Crippen LogP contribution is -2.37. The summed E-state index contributed by atoms with van der Waals surface area (Å²) in [4.78, 5) is 10.3. The highest BCUT2D eigenvalue weighted by atomic mass is 32.2. The third-order valence-electron chi connectivity index (χ3n) is 1.59. The molecule has 0 saturated heterocycles. The van der Waals surface area contributed by atoms with Gasteiger partial charge in [0.2, 0.25) is 0 Å². The number of rotatable bonds is 6. The van der Waals surface area contributed by atoms with Gasteiger partial charge in [-0.05, 0) is 6.42 Å². The molecular weight excluding hydrogens is 192 g/mol. The molecule has 5 nitrogen and oxygen atoms in total. The number of nitrogens with one attached hydrogen (secondary N) is 1. The summed E-state index contributed by atoms with van der Waals surface area (Å²) in [5.41, 5.74) is 5.18. The summed E-state index contributed by atoms with van der Waals surface area (Å²) in [6, 6.07) is -1.18. The molecule has 1 unspecified atom stereocenters. The van der Waals surface area contributed by atoms with Gasteiger partial charge >= 0.3 is 5.97 Å². The molecule has 0 radical (unpaired) electrons. The quantitative estimate of drug-likeness (QED) is 0.581. The molecule has 78 valence electrons. The minimum Gasteiger partial charge on any atom is -0.480 e. The monoisotopic (exact) mass is 208 g/mol. The zero-order chi connectivity index (χ0) is 10.5. The predicted octanol–water partition coefficient (Wildman–Crippen LogP) is 0.245. The van der Waals surface area contributed by atoms with Gasteiger partial charge in [-0.3, -0.25) is 9.57 Å². The van der Waals surface area contributed by atoms with Crippen LogP contribution in [-0.2, 0) is 14.5 Å². The van der Waals surface area contributed by atoms with E-state index < -0.39 is 21.7 Å². The lowest BCUT2D eigenvalue weighted by atomic mass is 10.4. The van der Waals surface area contributed by atoms with Crippen LogP contribution < -0.4 is 5.73 Å². The number of aliphatic carboxylic acids is 1. The third kappa shape index (κ3) is 5.59. The molecule has 0 aliphatic rings. The molecule has 0 amide bonds. The summed E-state index contributed by atoms with van der Waals surface area (Å²) in [5, 5.41) is 8.44. The average Bonchev–Trinajstić information content (AvgIpc) is 2.00. The molecule has 0 rings (SSSR count). The lowest BCUT2D eigenvalue weighted by Gasteiger charge is -2.09. The molecular formula is C7H16N2O3S. The molecule has 4 N–H and O–H groups in total. The highest BCUT2D eigenvalue weighted by molar-refractivity contribution is 7.92. The summed E-state index contributed by atoms with van der Waals surface area (Å²) in [6.07, 6.45) is 1.52. The van der Waals surface area contributed by atoms with E-state index in [-0.39, 0.29) is 11.5 Å². The Labute approximate surface area is 78.3 Å². The molecule has 6 heteroatoms. The Kier molecular flexibility index (Phi) is 4.94. The summed E-state index contributed by atoms with van der Waals surface area (Å²) in [6.45, 7) is 1.92. The highest BCUT2D eigenvalue weighted by Crippen LogP contribution is 2.00. The fraction of sp³-hybridized carbons (Fsp3) is 0.857. The second kappa shape index (κ2) is 5.18. The highest BCUT2D eigenvalue weighted by Gasteiger charge is 2.17. The fourth-order valence-electron chi connectivity index (χ4n) is 0.822. The first-order valence-electron chi connectivity index (χ1n) is 4.11. The van der Waals surface area contributed by atoms with Crippen molar-refractivity contribution in [1.29, 1.82) is 4.78 Å². The van der Waals surface area contributed by atoms with Crippen LogP contribution in [0.15, 0.2) is 0 Å². The molecule has 0 aromatic rings. The summed E-state index contributed by atoms with van der Waals surface area (Å²) >= 11 is 0. The van der Waals surface area contributed by atoms with E-state index in [9.17, 15) is 9.00 Å². The number of hydrogen-bond acceptors (Lipinski definition) is 4. The molecule has 0 bridgehead atoms. The van der Waals surface area contributed by atoms with Crippen LogP contribution in [0.2, 0.25) is 0 Å². The fourth-order valence-corrected chi connectivity index (χ4v) is 2.47. The maximum Gasteiger partial charge on any atom is 0.321 e. The zero-order valence-corrected chi connectivity index (χ0v) is 8.47. The molecule has 0 aromatic carbocycles. The molecule has 0 spiro atoms. The smallest absolute Gasteiger partial charge is 0.321 e. The summed E-state index contributed by atoms with van der Waals surface area (Å²) in [7, 11) is -2.79. The largest absolute Gasteiger partial charge is 0.480 e. The number of carboxylic acid groups (broad SMARTS) is 1. The van der Waals surface area contributed by atoms with Crippen molar-refractivity contribution in [1.82, 2.24) is 0 Å². The molecule has 13 heavy (non-hydrogen) atoms. The van der Waals surface area contributed by atoms with Crippen LogP contribution in [-0.4, -0.2) is 32.8 Å². The minimum absolute atomic E-state index is 0.241. The van der Waals surface area contributed by atoms with Crippen molar-refractivity contribution in [3.63, 3.8) is 0 Å². The van der Waals surface area contributed by atoms with Gasteiger partial charge in [0.15, 0.2) is 0 Å². The van der Waals surface area contributed by atoms with Gasteiger partial charge in [-0.25, -0.2) is 4.21 Å². The van der Waals surface area contributed by atoms with Crippen LogP contribution in [0.5, 0.6) is 0 Å². The Morgan fingerprint density at radius 3 is 2.62 bits per heavy atom. The van der Waals surface area contributed by atoms with Crippen molar-refractivity contribution < 1.29 is 14.1 Å². The van der Waals surface area contributed by atoms with Crippen molar-refractivity contribution in [2.24, 2.45) is 5.73 Å². The first kappa shape index (κ1) is 12.4. The van der Waals surface area contributed by atoms with Crippen LogP contribution in [0.25, 0.3) is 0 Å². The number of carbonyl (C=O) groups is 1. The summed E-state index contributed by atoms with van der Waals surface area (Å²) in [5.74, 6) is -1.20. The number of carboxylic acids is 1. The van der Waals surface area contributed by atoms with E-state index in [1.807, 2.05) is 6.92 Å². The normalized spacial score (nSPS) is 17.7. The van der Waals surface area contributed by atoms with Crippen molar-refractivity contribution in [3.8, 4) is 0 Å². The molecule has 0 heterocycles. The van der Waals surface area contributed by atoms with Crippen molar-refractivity contribution in [2.75, 3.05) is 11.5 Å². The van der Waals surface area contributed by atoms with Crippen LogP contribution in [0.3, 0.4) is 0 Å². The molecule has 0 aromatic heterocycles. The maximum absolute atomic E-state index is 11.4. The van der Waals surface area contributed by atoms with E-state index in [1.54, 1.807) is 0 Å². The topological polar surface area (TPSA) is 104 Å². The van der Waals surface area contributed by atoms with Gasteiger partial charge in [-0.2, -0.15) is 0 Å². The van der Waals surface area contributed by atoms with Gasteiger partial charge in [0.1, 0.15) is 6.04 Å². The standard InChI is InChI=1S/C7H16N2O3S/c1-2-3-4-13(9,12)5-6(8)7(10)11/h6,9H,2-5,8H2,1H3,(H,10,11)/t6-,13?/m0/s1. The molecule has 0 fully saturated rings. The Bertz CT molecular complexity index is 261. The van der Waals surface area contributed by atoms with Crippen LogP contribution in [0, 0.1) is 4.78 Å². The maximum atomic E-state index is 11.4. The second-order valence-corrected chi connectivity index (χ2v) is 5.35. The van der Waals surface area contributed by atoms with Gasteiger partial charge < -0.3 is 10.8 Å². The predicted molar refractivity (Wildman–Crippen MR) is 51.1 cm³/mol. The second-order valence-electron chi connectivity index (χ2n) is 2.98. The number of nitrogens with two attached hydrogens (primary N) is 1. The van der Waals surface area contributed by atoms with Crippen LogP contribution in [0.4, 0.5) is 0 Å². The molecule has 0 aliphatic heterocycles. The van der Waals surface area contributed by atoms with Crippen molar-refractivity contribution in [3.05, 3.63) is 0 Å². The van der Waals surface area contributed by atoms with Gasteiger partial charge in [0, 0.05) is 15.5 Å². The molecule has 0 aliphatic carbocycles. The van der Waals surface area contributed by atoms with Crippen LogP contribution in [0.1, 0.15) is 19.8 Å². The Morgan fingerprint density at radius 2 is 2.23 bits per heavy atom.